The number of hydrogen-bond acceptors (Lipinski definition) is 2. The fourth-order valence-electron chi connectivity index (χ4n) is 7.64. The van der Waals surface area contributed by atoms with E-state index >= 15 is 0 Å². The van der Waals surface area contributed by atoms with E-state index in [0.29, 0.717) is 26.5 Å². The molecular weight excluding hydrogens is 808 g/mol. The van der Waals surface area contributed by atoms with Crippen LogP contribution in [-0.4, -0.2) is 9.55 Å². The van der Waals surface area contributed by atoms with Crippen LogP contribution in [0.4, 0.5) is 22.7 Å². The maximum atomic E-state index is 8.02. The summed E-state index contributed by atoms with van der Waals surface area (Å²) in [6, 6.07) is 44.5. The Labute approximate surface area is 319 Å². The summed E-state index contributed by atoms with van der Waals surface area (Å²) in [5, 5.41) is 1.99. The first-order valence-electron chi connectivity index (χ1n) is 18.7. The molecule has 7 aromatic rings. The van der Waals surface area contributed by atoms with Crippen LogP contribution in [0.5, 0.6) is 11.5 Å². The molecule has 0 radical (unpaired) electrons. The predicted molar refractivity (Wildman–Crippen MR) is 205 cm³/mol. The van der Waals surface area contributed by atoms with Crippen molar-refractivity contribution in [2.75, 3.05) is 0 Å². The topological polar surface area (TPSA) is 27.1 Å². The van der Waals surface area contributed by atoms with E-state index in [4.69, 9.17) is 8.85 Å². The van der Waals surface area contributed by atoms with Crippen LogP contribution in [0.2, 0.25) is 0 Å². The van der Waals surface area contributed by atoms with Gasteiger partial charge in [-0.1, -0.05) is 95.6 Å². The zero-order valence-corrected chi connectivity index (χ0v) is 31.8. The molecule has 1 saturated heterocycles. The SMILES string of the molecule is [2H]C([2H])([2H])c1ccnc(-n2c3[c-]c(Oc4[c-]c([N+]56[CH-][N@+]5(c5cccc(C(C)(C)C)c5)c5ccccc56)cc(C(C)(C)C)c4)ccc3c3ccccc32)c1.[Pt]. The van der Waals surface area contributed by atoms with E-state index in [1.807, 2.05) is 34.9 Å². The summed E-state index contributed by atoms with van der Waals surface area (Å²) >= 11 is 0. The smallest absolute Gasteiger partial charge is 0.225 e. The number of ether oxygens (including phenoxy) is 1. The Hall–Kier alpha value is -4.54. The zero-order chi connectivity index (χ0) is 37.1. The van der Waals surface area contributed by atoms with Gasteiger partial charge in [0.2, 0.25) is 11.4 Å². The van der Waals surface area contributed by atoms with Crippen molar-refractivity contribution < 1.29 is 29.9 Å². The monoisotopic (exact) mass is 851 g/mol. The Morgan fingerprint density at radius 2 is 1.45 bits per heavy atom. The summed E-state index contributed by atoms with van der Waals surface area (Å²) in [6.07, 6.45) is 1.55. The molecule has 51 heavy (non-hydrogen) atoms. The fourth-order valence-corrected chi connectivity index (χ4v) is 7.64. The molecule has 2 aromatic heterocycles. The Morgan fingerprint density at radius 1 is 0.706 bits per heavy atom. The van der Waals surface area contributed by atoms with E-state index < -0.39 is 6.85 Å². The van der Waals surface area contributed by atoms with Crippen molar-refractivity contribution in [1.29, 1.82) is 0 Å². The van der Waals surface area contributed by atoms with Crippen LogP contribution in [0.1, 0.15) is 62.3 Å². The predicted octanol–water partition coefficient (Wildman–Crippen LogP) is 11.8. The number of para-hydroxylation sites is 3. The van der Waals surface area contributed by atoms with E-state index in [2.05, 4.69) is 132 Å². The van der Waals surface area contributed by atoms with Gasteiger partial charge in [-0.05, 0) is 52.4 Å². The molecule has 2 atom stereocenters. The van der Waals surface area contributed by atoms with Crippen LogP contribution in [-0.2, 0) is 31.9 Å². The Kier molecular flexibility index (Phi) is 6.78. The van der Waals surface area contributed by atoms with Crippen LogP contribution >= 0.6 is 0 Å². The number of benzene rings is 5. The number of aryl methyl sites for hydroxylation is 1. The van der Waals surface area contributed by atoms with Gasteiger partial charge in [-0.3, -0.25) is 0 Å². The van der Waals surface area contributed by atoms with Crippen molar-refractivity contribution in [2.24, 2.45) is 0 Å². The van der Waals surface area contributed by atoms with Crippen molar-refractivity contribution in [3.05, 3.63) is 151 Å². The minimum Gasteiger partial charge on any atom is -0.509 e. The van der Waals surface area contributed by atoms with E-state index in [-0.39, 0.29) is 37.5 Å². The molecule has 1 unspecified atom stereocenters. The maximum Gasteiger partial charge on any atom is 0.225 e. The summed E-state index contributed by atoms with van der Waals surface area (Å²) < 4.78 is 33.9. The molecule has 5 aromatic carbocycles. The van der Waals surface area contributed by atoms with Crippen LogP contribution < -0.4 is 13.9 Å². The summed E-state index contributed by atoms with van der Waals surface area (Å²) in [5.41, 5.74) is 8.89. The second kappa shape index (κ2) is 11.5. The quantitative estimate of drug-likeness (QED) is 0.0980. The first-order valence-corrected chi connectivity index (χ1v) is 17.2. The van der Waals surface area contributed by atoms with Gasteiger partial charge in [-0.25, -0.2) is 9.58 Å². The van der Waals surface area contributed by atoms with Gasteiger partial charge in [0.15, 0.2) is 12.4 Å². The van der Waals surface area contributed by atoms with Gasteiger partial charge in [0, 0.05) is 72.7 Å². The molecule has 258 valence electrons. The molecule has 9 rings (SSSR count). The Balaban J connectivity index is 0.00000413. The first kappa shape index (κ1) is 30.1. The third-order valence-electron chi connectivity index (χ3n) is 10.3. The van der Waals surface area contributed by atoms with Crippen molar-refractivity contribution in [2.45, 2.75) is 59.2 Å². The number of quaternary nitrogens is 2. The number of nitrogens with zero attached hydrogens (tertiary/aromatic N) is 4. The minimum atomic E-state index is -2.26. The third-order valence-corrected chi connectivity index (χ3v) is 10.3. The van der Waals surface area contributed by atoms with Crippen LogP contribution in [0.3, 0.4) is 0 Å². The number of fused-ring (bicyclic) bond motifs is 7. The van der Waals surface area contributed by atoms with Gasteiger partial charge in [0.25, 0.3) is 0 Å². The van der Waals surface area contributed by atoms with Crippen molar-refractivity contribution >= 4 is 44.6 Å². The second-order valence-corrected chi connectivity index (χ2v) is 15.6. The van der Waals surface area contributed by atoms with E-state index in [9.17, 15) is 0 Å². The summed E-state index contributed by atoms with van der Waals surface area (Å²) in [4.78, 5) is 4.61. The molecule has 0 bridgehead atoms. The van der Waals surface area contributed by atoms with Gasteiger partial charge >= 0.3 is 0 Å². The van der Waals surface area contributed by atoms with Gasteiger partial charge in [0.05, 0.1) is 5.69 Å². The van der Waals surface area contributed by atoms with E-state index in [1.54, 1.807) is 18.3 Å². The van der Waals surface area contributed by atoms with Crippen LogP contribution in [0, 0.1) is 25.7 Å². The molecule has 2 aliphatic rings. The molecule has 0 aliphatic carbocycles. The molecule has 0 amide bonds. The average Bonchev–Trinajstić information content (AvgIpc) is 3.61. The van der Waals surface area contributed by atoms with E-state index in [1.165, 1.54) is 22.6 Å². The molecule has 0 N–H and O–H groups in total. The fraction of sp³-hybridized carbons (Fsp3) is 0.200. The van der Waals surface area contributed by atoms with Gasteiger partial charge in [-0.2, -0.15) is 10.7 Å². The Morgan fingerprint density at radius 3 is 2.22 bits per heavy atom. The molecular formula is C45H41N4OPt-. The van der Waals surface area contributed by atoms with Crippen LogP contribution in [0.25, 0.3) is 27.6 Å². The average molecular weight is 852 g/mol. The van der Waals surface area contributed by atoms with Crippen molar-refractivity contribution in [3.8, 4) is 17.3 Å². The summed E-state index contributed by atoms with van der Waals surface area (Å²) in [5.74, 6) is 1.64. The molecule has 6 heteroatoms. The van der Waals surface area contributed by atoms with Crippen molar-refractivity contribution in [1.82, 2.24) is 18.7 Å². The zero-order valence-electron chi connectivity index (χ0n) is 32.6. The standard InChI is InChI=1S/C45H41N4O.Pt/c1-30-21-22-46-43(23-30)47-39-16-9-8-15-37(39)38-20-19-35(28-40(38)47)50-36-26-32(45(5,6)7)25-34(27-36)49-29-48(49,41-17-10-11-18-42(41)49)33-14-12-13-31(24-33)44(2,3)4;/h8-26,29H,1-7H3;/q-1;/t48-,49?;/m0./s1/i1D3;. The van der Waals surface area contributed by atoms with Crippen LogP contribution in [0.15, 0.2) is 115 Å². The minimum absolute atomic E-state index is 0. The second-order valence-electron chi connectivity index (χ2n) is 15.6. The van der Waals surface area contributed by atoms with Gasteiger partial charge < -0.3 is 9.30 Å². The first-order chi connectivity index (χ1) is 25.1. The number of hydrogen-bond donors (Lipinski definition) is 0. The number of aromatic nitrogens is 2. The van der Waals surface area contributed by atoms with Gasteiger partial charge in [-0.15, -0.1) is 35.2 Å². The van der Waals surface area contributed by atoms with Crippen molar-refractivity contribution in [3.63, 3.8) is 0 Å². The Bertz CT molecular complexity index is 2620. The maximum absolute atomic E-state index is 8.02. The molecule has 1 fully saturated rings. The molecule has 4 heterocycles. The number of pyridine rings is 1. The summed E-state index contributed by atoms with van der Waals surface area (Å²) in [7, 11) is 0. The van der Waals surface area contributed by atoms with Gasteiger partial charge in [0.1, 0.15) is 5.82 Å². The molecule has 0 saturated carbocycles. The molecule has 0 spiro atoms. The number of rotatable bonds is 5. The molecule has 5 nitrogen and oxygen atoms in total. The largest absolute Gasteiger partial charge is 0.509 e. The molecule has 2 aliphatic heterocycles. The normalized spacial score (nSPS) is 20.3. The summed E-state index contributed by atoms with van der Waals surface area (Å²) in [6.45, 7) is 13.6. The van der Waals surface area contributed by atoms with E-state index in [0.717, 1.165) is 33.1 Å². The third kappa shape index (κ3) is 4.97.